The lowest BCUT2D eigenvalue weighted by Crippen LogP contribution is -2.61. The van der Waals surface area contributed by atoms with Crippen LogP contribution in [0.4, 0.5) is 5.69 Å². The molecular weight excluding hydrogens is 606 g/mol. The van der Waals surface area contributed by atoms with Gasteiger partial charge in [-0.2, -0.15) is 0 Å². The maximum absolute atomic E-state index is 13.7. The van der Waals surface area contributed by atoms with Gasteiger partial charge in [0.25, 0.3) is 5.91 Å². The summed E-state index contributed by atoms with van der Waals surface area (Å²) in [5, 5.41) is 16.5. The summed E-state index contributed by atoms with van der Waals surface area (Å²) >= 11 is 6.09. The fourth-order valence-corrected chi connectivity index (χ4v) is 6.71. The van der Waals surface area contributed by atoms with Crippen molar-refractivity contribution in [2.45, 2.75) is 63.3 Å². The number of carboxylic acid groups (broad SMARTS) is 1. The Morgan fingerprint density at radius 1 is 1.09 bits per heavy atom. The summed E-state index contributed by atoms with van der Waals surface area (Å²) in [6.07, 6.45) is 12.0. The number of carbonyl (C=O) groups excluding carboxylic acids is 2. The molecule has 0 saturated heterocycles. The molecule has 2 aliphatic rings. The van der Waals surface area contributed by atoms with Gasteiger partial charge in [-0.05, 0) is 80.9 Å². The molecule has 2 aromatic carbocycles. The van der Waals surface area contributed by atoms with E-state index in [1.54, 1.807) is 30.6 Å². The third kappa shape index (κ3) is 6.09. The summed E-state index contributed by atoms with van der Waals surface area (Å²) in [6.45, 7) is 2.19. The van der Waals surface area contributed by atoms with Crippen molar-refractivity contribution in [2.75, 3.05) is 11.9 Å². The number of halogens is 1. The summed E-state index contributed by atoms with van der Waals surface area (Å²) in [4.78, 5) is 47.4. The van der Waals surface area contributed by atoms with Crippen LogP contribution in [-0.2, 0) is 16.6 Å². The molecule has 2 fully saturated rings. The summed E-state index contributed by atoms with van der Waals surface area (Å²) < 4.78 is 7.74. The van der Waals surface area contributed by atoms with E-state index in [9.17, 15) is 14.4 Å². The van der Waals surface area contributed by atoms with Crippen molar-refractivity contribution in [1.29, 1.82) is 0 Å². The van der Waals surface area contributed by atoms with Gasteiger partial charge < -0.3 is 25.0 Å². The lowest BCUT2D eigenvalue weighted by Gasteiger charge is -2.40. The molecule has 0 radical (unpaired) electrons. The zero-order valence-electron chi connectivity index (χ0n) is 25.8. The standard InChI is InChI=1S/C35H36ClN5O5/c1-3-46-28-18-25(12-9-21(28)11-14-29(42)43)39-34(45)35(15-6-16-35)40-33(44)23-10-13-26-27(17-23)41(2)31(30(26)22-7-4-5-8-22)32-37-19-24(36)20-38-32/h9-14,17-20,22H,3-8,15-16H2,1-2H3,(H,39,45)(H,40,44)(H,42,43). The molecule has 0 unspecified atom stereocenters. The van der Waals surface area contributed by atoms with E-state index in [-0.39, 0.29) is 11.8 Å². The first-order chi connectivity index (χ1) is 22.2. The van der Waals surface area contributed by atoms with Crippen molar-refractivity contribution in [3.63, 3.8) is 0 Å². The molecule has 6 rings (SSSR count). The van der Waals surface area contributed by atoms with Gasteiger partial charge in [-0.25, -0.2) is 14.8 Å². The number of nitrogens with zero attached hydrogens (tertiary/aromatic N) is 3. The second-order valence-electron chi connectivity index (χ2n) is 12.0. The molecule has 0 bridgehead atoms. The van der Waals surface area contributed by atoms with E-state index in [0.717, 1.165) is 41.9 Å². The number of anilines is 1. The largest absolute Gasteiger partial charge is 0.493 e. The Balaban J connectivity index is 1.26. The molecule has 2 heterocycles. The van der Waals surface area contributed by atoms with E-state index in [1.807, 2.05) is 32.2 Å². The predicted molar refractivity (Wildman–Crippen MR) is 177 cm³/mol. The molecule has 2 aliphatic carbocycles. The summed E-state index contributed by atoms with van der Waals surface area (Å²) in [6, 6.07) is 10.7. The van der Waals surface area contributed by atoms with Crippen LogP contribution in [-0.4, -0.2) is 49.6 Å². The minimum absolute atomic E-state index is 0.311. The Kier molecular flexibility index (Phi) is 8.82. The lowest BCUT2D eigenvalue weighted by molar-refractivity contribution is -0.131. The van der Waals surface area contributed by atoms with Crippen LogP contribution in [0.1, 0.15) is 79.3 Å². The Morgan fingerprint density at radius 2 is 1.83 bits per heavy atom. The number of benzene rings is 2. The van der Waals surface area contributed by atoms with Gasteiger partial charge in [-0.3, -0.25) is 9.59 Å². The van der Waals surface area contributed by atoms with Gasteiger partial charge in [0.1, 0.15) is 11.3 Å². The first-order valence-corrected chi connectivity index (χ1v) is 16.0. The molecular formula is C35H36ClN5O5. The number of aromatic nitrogens is 3. The average Bonchev–Trinajstić information content (AvgIpc) is 3.65. The molecule has 10 nitrogen and oxygen atoms in total. The van der Waals surface area contributed by atoms with E-state index < -0.39 is 11.5 Å². The number of rotatable bonds is 10. The molecule has 2 amide bonds. The SMILES string of the molecule is CCOc1cc(NC(=O)C2(NC(=O)c3ccc4c(C5CCCC5)c(-c5ncc(Cl)cn5)n(C)c4c3)CCC2)ccc1C=CC(=O)O. The predicted octanol–water partition coefficient (Wildman–Crippen LogP) is 6.73. The fourth-order valence-electron chi connectivity index (χ4n) is 6.61. The number of aryl methyl sites for hydroxylation is 1. The van der Waals surface area contributed by atoms with Crippen LogP contribution in [0.25, 0.3) is 28.5 Å². The van der Waals surface area contributed by atoms with Crippen molar-refractivity contribution in [3.8, 4) is 17.3 Å². The van der Waals surface area contributed by atoms with Crippen LogP contribution in [0.15, 0.2) is 54.9 Å². The molecule has 0 atom stereocenters. The maximum atomic E-state index is 13.7. The van der Waals surface area contributed by atoms with Crippen LogP contribution < -0.4 is 15.4 Å². The van der Waals surface area contributed by atoms with Crippen molar-refractivity contribution < 1.29 is 24.2 Å². The fraction of sp³-hybridized carbons (Fsp3) is 0.343. The Bertz CT molecular complexity index is 1840. The first kappa shape index (κ1) is 31.3. The monoisotopic (exact) mass is 641 g/mol. The number of carboxylic acids is 1. The highest BCUT2D eigenvalue weighted by Gasteiger charge is 2.45. The Labute approximate surface area is 271 Å². The molecule has 238 valence electrons. The Hall–Kier alpha value is -4.70. The minimum Gasteiger partial charge on any atom is -0.493 e. The van der Waals surface area contributed by atoms with Crippen LogP contribution in [0.3, 0.4) is 0 Å². The van der Waals surface area contributed by atoms with Crippen LogP contribution in [0, 0.1) is 0 Å². The number of amides is 2. The molecule has 2 saturated carbocycles. The number of fused-ring (bicyclic) bond motifs is 1. The third-order valence-electron chi connectivity index (χ3n) is 9.07. The number of aliphatic carboxylic acids is 1. The third-order valence-corrected chi connectivity index (χ3v) is 9.26. The quantitative estimate of drug-likeness (QED) is 0.163. The molecule has 0 aliphatic heterocycles. The lowest BCUT2D eigenvalue weighted by atomic mass is 9.75. The summed E-state index contributed by atoms with van der Waals surface area (Å²) in [7, 11) is 1.97. The van der Waals surface area contributed by atoms with Crippen molar-refractivity contribution in [3.05, 3.63) is 76.6 Å². The first-order valence-electron chi connectivity index (χ1n) is 15.6. The smallest absolute Gasteiger partial charge is 0.328 e. The molecule has 0 spiro atoms. The van der Waals surface area contributed by atoms with Crippen molar-refractivity contribution >= 4 is 52.1 Å². The van der Waals surface area contributed by atoms with E-state index in [4.69, 9.17) is 21.4 Å². The topological polar surface area (TPSA) is 135 Å². The van der Waals surface area contributed by atoms with E-state index in [0.29, 0.717) is 58.8 Å². The van der Waals surface area contributed by atoms with E-state index in [2.05, 4.69) is 25.2 Å². The van der Waals surface area contributed by atoms with Crippen molar-refractivity contribution in [2.24, 2.45) is 7.05 Å². The van der Waals surface area contributed by atoms with Gasteiger partial charge in [0, 0.05) is 59.3 Å². The zero-order chi connectivity index (χ0) is 32.4. The highest BCUT2D eigenvalue weighted by molar-refractivity contribution is 6.30. The highest BCUT2D eigenvalue weighted by atomic mass is 35.5. The zero-order valence-corrected chi connectivity index (χ0v) is 26.6. The number of hydrogen-bond acceptors (Lipinski definition) is 6. The number of nitrogens with one attached hydrogen (secondary N) is 2. The molecule has 3 N–H and O–H groups in total. The Morgan fingerprint density at radius 3 is 2.48 bits per heavy atom. The van der Waals surface area contributed by atoms with Crippen LogP contribution in [0.5, 0.6) is 5.75 Å². The van der Waals surface area contributed by atoms with Gasteiger partial charge >= 0.3 is 5.97 Å². The van der Waals surface area contributed by atoms with Gasteiger partial charge in [-0.15, -0.1) is 0 Å². The molecule has 46 heavy (non-hydrogen) atoms. The van der Waals surface area contributed by atoms with Gasteiger partial charge in [0.15, 0.2) is 5.82 Å². The minimum atomic E-state index is -1.07. The second kappa shape index (κ2) is 13.0. The van der Waals surface area contributed by atoms with E-state index >= 15 is 0 Å². The van der Waals surface area contributed by atoms with Crippen molar-refractivity contribution in [1.82, 2.24) is 19.9 Å². The average molecular weight is 642 g/mol. The summed E-state index contributed by atoms with van der Waals surface area (Å²) in [5.41, 5.74) is 3.51. The van der Waals surface area contributed by atoms with Crippen LogP contribution in [0.2, 0.25) is 5.02 Å². The number of hydrogen-bond donors (Lipinski definition) is 3. The normalized spacial score (nSPS) is 16.0. The molecule has 11 heteroatoms. The summed E-state index contributed by atoms with van der Waals surface area (Å²) in [5.74, 6) is -0.285. The molecule has 4 aromatic rings. The second-order valence-corrected chi connectivity index (χ2v) is 12.4. The number of ether oxygens (including phenoxy) is 1. The van der Waals surface area contributed by atoms with Gasteiger partial charge in [0.2, 0.25) is 5.91 Å². The van der Waals surface area contributed by atoms with E-state index in [1.165, 1.54) is 24.5 Å². The van der Waals surface area contributed by atoms with Gasteiger partial charge in [-0.1, -0.05) is 30.5 Å². The molecule has 2 aromatic heterocycles. The van der Waals surface area contributed by atoms with Gasteiger partial charge in [0.05, 0.1) is 17.3 Å². The number of carbonyl (C=O) groups is 3. The maximum Gasteiger partial charge on any atom is 0.328 e. The van der Waals surface area contributed by atoms with Crippen LogP contribution >= 0.6 is 11.6 Å². The highest BCUT2D eigenvalue weighted by Crippen LogP contribution is 2.44.